The Hall–Kier alpha value is -0.810. The Balaban J connectivity index is 2.02. The molecule has 0 aromatic carbocycles. The standard InChI is InChI=1S/C12H25N3O2/c1-3-13-12(15-11-5-6-11)14-7-4-8-17-10-9-16-2/h11H,3-10H2,1-2H3,(H2,13,14,15). The van der Waals surface area contributed by atoms with E-state index in [9.17, 15) is 0 Å². The lowest BCUT2D eigenvalue weighted by molar-refractivity contribution is 0.0702. The third-order valence-corrected chi connectivity index (χ3v) is 2.41. The minimum Gasteiger partial charge on any atom is -0.382 e. The Labute approximate surface area is 104 Å². The summed E-state index contributed by atoms with van der Waals surface area (Å²) in [5.74, 6) is 0.937. The SMILES string of the molecule is CCNC(=NCCCOCCOC)NC1CC1. The van der Waals surface area contributed by atoms with E-state index in [1.165, 1.54) is 12.8 Å². The first-order valence-corrected chi connectivity index (χ1v) is 6.48. The zero-order valence-corrected chi connectivity index (χ0v) is 11.0. The van der Waals surface area contributed by atoms with Gasteiger partial charge in [-0.3, -0.25) is 4.99 Å². The van der Waals surface area contributed by atoms with Gasteiger partial charge < -0.3 is 20.1 Å². The number of guanidine groups is 1. The van der Waals surface area contributed by atoms with E-state index in [2.05, 4.69) is 22.5 Å². The lowest BCUT2D eigenvalue weighted by Gasteiger charge is -2.10. The van der Waals surface area contributed by atoms with Crippen molar-refractivity contribution in [3.05, 3.63) is 0 Å². The Morgan fingerprint density at radius 2 is 2.12 bits per heavy atom. The summed E-state index contributed by atoms with van der Waals surface area (Å²) in [6.07, 6.45) is 3.49. The van der Waals surface area contributed by atoms with Crippen LogP contribution >= 0.6 is 0 Å². The van der Waals surface area contributed by atoms with Gasteiger partial charge in [-0.15, -0.1) is 0 Å². The number of hydrogen-bond acceptors (Lipinski definition) is 3. The number of rotatable bonds is 9. The molecule has 5 heteroatoms. The van der Waals surface area contributed by atoms with Crippen LogP contribution in [0.2, 0.25) is 0 Å². The summed E-state index contributed by atoms with van der Waals surface area (Å²) < 4.78 is 10.3. The Kier molecular flexibility index (Phi) is 7.75. The average Bonchev–Trinajstić information content (AvgIpc) is 3.12. The molecule has 1 rings (SSSR count). The molecule has 0 saturated heterocycles. The molecule has 17 heavy (non-hydrogen) atoms. The van der Waals surface area contributed by atoms with E-state index in [-0.39, 0.29) is 0 Å². The molecule has 0 aliphatic heterocycles. The van der Waals surface area contributed by atoms with Crippen molar-refractivity contribution in [3.8, 4) is 0 Å². The average molecular weight is 243 g/mol. The monoisotopic (exact) mass is 243 g/mol. The molecule has 0 spiro atoms. The molecule has 0 aromatic heterocycles. The van der Waals surface area contributed by atoms with Crippen LogP contribution in [0, 0.1) is 0 Å². The Bertz CT molecular complexity index is 218. The number of nitrogens with one attached hydrogen (secondary N) is 2. The van der Waals surface area contributed by atoms with Crippen molar-refractivity contribution >= 4 is 5.96 Å². The number of hydrogen-bond donors (Lipinski definition) is 2. The molecule has 0 unspecified atom stereocenters. The number of methoxy groups -OCH3 is 1. The number of aliphatic imine (C=N–C) groups is 1. The van der Waals surface area contributed by atoms with Gasteiger partial charge in [0.2, 0.25) is 0 Å². The van der Waals surface area contributed by atoms with Crippen LogP contribution in [0.4, 0.5) is 0 Å². The van der Waals surface area contributed by atoms with Crippen molar-refractivity contribution in [3.63, 3.8) is 0 Å². The molecule has 0 amide bonds. The Morgan fingerprint density at radius 3 is 2.76 bits per heavy atom. The second-order valence-corrected chi connectivity index (χ2v) is 4.14. The van der Waals surface area contributed by atoms with Crippen LogP contribution in [0.1, 0.15) is 26.2 Å². The fourth-order valence-electron chi connectivity index (χ4n) is 1.34. The molecule has 0 atom stereocenters. The molecule has 1 aliphatic rings. The largest absolute Gasteiger partial charge is 0.382 e. The molecule has 0 heterocycles. The molecular formula is C12H25N3O2. The van der Waals surface area contributed by atoms with Crippen LogP contribution in [0.25, 0.3) is 0 Å². The van der Waals surface area contributed by atoms with Gasteiger partial charge in [0.25, 0.3) is 0 Å². The van der Waals surface area contributed by atoms with Gasteiger partial charge >= 0.3 is 0 Å². The summed E-state index contributed by atoms with van der Waals surface area (Å²) in [6.45, 7) is 5.86. The predicted molar refractivity (Wildman–Crippen MR) is 69.4 cm³/mol. The number of ether oxygens (including phenoxy) is 2. The van der Waals surface area contributed by atoms with E-state index >= 15 is 0 Å². The number of nitrogens with zero attached hydrogens (tertiary/aromatic N) is 1. The van der Waals surface area contributed by atoms with Crippen LogP contribution in [0.5, 0.6) is 0 Å². The van der Waals surface area contributed by atoms with Crippen LogP contribution in [-0.2, 0) is 9.47 Å². The van der Waals surface area contributed by atoms with Gasteiger partial charge in [-0.25, -0.2) is 0 Å². The molecule has 5 nitrogen and oxygen atoms in total. The van der Waals surface area contributed by atoms with Crippen LogP contribution in [0.3, 0.4) is 0 Å². The molecule has 0 radical (unpaired) electrons. The van der Waals surface area contributed by atoms with E-state index in [1.54, 1.807) is 7.11 Å². The highest BCUT2D eigenvalue weighted by Gasteiger charge is 2.21. The van der Waals surface area contributed by atoms with Crippen LogP contribution in [0.15, 0.2) is 4.99 Å². The first-order valence-electron chi connectivity index (χ1n) is 6.48. The summed E-state index contributed by atoms with van der Waals surface area (Å²) in [4.78, 5) is 4.49. The summed E-state index contributed by atoms with van der Waals surface area (Å²) in [7, 11) is 1.68. The van der Waals surface area contributed by atoms with Crippen molar-refractivity contribution in [2.24, 2.45) is 4.99 Å². The lowest BCUT2D eigenvalue weighted by Crippen LogP contribution is -2.38. The molecule has 1 aliphatic carbocycles. The fraction of sp³-hybridized carbons (Fsp3) is 0.917. The van der Waals surface area contributed by atoms with Crippen molar-refractivity contribution in [2.75, 3.05) is 40.0 Å². The molecule has 0 bridgehead atoms. The van der Waals surface area contributed by atoms with Gasteiger partial charge in [0.1, 0.15) is 0 Å². The van der Waals surface area contributed by atoms with Crippen LogP contribution in [-0.4, -0.2) is 52.0 Å². The van der Waals surface area contributed by atoms with Gasteiger partial charge in [-0.2, -0.15) is 0 Å². The summed E-state index contributed by atoms with van der Waals surface area (Å²) in [5.41, 5.74) is 0. The third kappa shape index (κ3) is 7.99. The smallest absolute Gasteiger partial charge is 0.191 e. The molecule has 2 N–H and O–H groups in total. The second-order valence-electron chi connectivity index (χ2n) is 4.14. The zero-order valence-electron chi connectivity index (χ0n) is 11.0. The van der Waals surface area contributed by atoms with E-state index < -0.39 is 0 Å². The maximum atomic E-state index is 5.37. The molecule has 1 fully saturated rings. The summed E-state index contributed by atoms with van der Waals surface area (Å²) in [6, 6.07) is 0.644. The highest BCUT2D eigenvalue weighted by atomic mass is 16.5. The van der Waals surface area contributed by atoms with Crippen LogP contribution < -0.4 is 10.6 Å². The summed E-state index contributed by atoms with van der Waals surface area (Å²) in [5, 5.41) is 6.62. The second kappa shape index (κ2) is 9.24. The van der Waals surface area contributed by atoms with Gasteiger partial charge in [0, 0.05) is 32.8 Å². The molecule has 1 saturated carbocycles. The van der Waals surface area contributed by atoms with Gasteiger partial charge in [-0.1, -0.05) is 0 Å². The highest BCUT2D eigenvalue weighted by Crippen LogP contribution is 2.18. The van der Waals surface area contributed by atoms with Crippen molar-refractivity contribution in [1.82, 2.24) is 10.6 Å². The maximum absolute atomic E-state index is 5.37. The lowest BCUT2D eigenvalue weighted by atomic mass is 10.4. The minimum absolute atomic E-state index is 0.644. The van der Waals surface area contributed by atoms with Crippen molar-refractivity contribution < 1.29 is 9.47 Å². The molecule has 100 valence electrons. The topological polar surface area (TPSA) is 54.9 Å². The van der Waals surface area contributed by atoms with E-state index in [4.69, 9.17) is 9.47 Å². The van der Waals surface area contributed by atoms with Crippen molar-refractivity contribution in [1.29, 1.82) is 0 Å². The highest BCUT2D eigenvalue weighted by molar-refractivity contribution is 5.80. The molecule has 0 aromatic rings. The summed E-state index contributed by atoms with van der Waals surface area (Å²) >= 11 is 0. The first-order chi connectivity index (χ1) is 8.36. The quantitative estimate of drug-likeness (QED) is 0.356. The van der Waals surface area contributed by atoms with Gasteiger partial charge in [-0.05, 0) is 26.2 Å². The fourth-order valence-corrected chi connectivity index (χ4v) is 1.34. The van der Waals surface area contributed by atoms with E-state index in [0.717, 1.165) is 32.1 Å². The normalized spacial score (nSPS) is 16.0. The third-order valence-electron chi connectivity index (χ3n) is 2.41. The zero-order chi connectivity index (χ0) is 12.3. The molecular weight excluding hydrogens is 218 g/mol. The first kappa shape index (κ1) is 14.3. The van der Waals surface area contributed by atoms with E-state index in [1.807, 2.05) is 0 Å². The van der Waals surface area contributed by atoms with Crippen molar-refractivity contribution in [2.45, 2.75) is 32.2 Å². The van der Waals surface area contributed by atoms with E-state index in [0.29, 0.717) is 19.3 Å². The minimum atomic E-state index is 0.644. The predicted octanol–water partition coefficient (Wildman–Crippen LogP) is 0.757. The van der Waals surface area contributed by atoms with Gasteiger partial charge in [0.15, 0.2) is 5.96 Å². The maximum Gasteiger partial charge on any atom is 0.191 e. The van der Waals surface area contributed by atoms with Gasteiger partial charge in [0.05, 0.1) is 13.2 Å². The Morgan fingerprint density at radius 1 is 1.29 bits per heavy atom.